The maximum absolute atomic E-state index is 5.65. The van der Waals surface area contributed by atoms with Crippen LogP contribution >= 0.6 is 0 Å². The summed E-state index contributed by atoms with van der Waals surface area (Å²) in [7, 11) is 0. The van der Waals surface area contributed by atoms with Crippen LogP contribution in [0, 0.1) is 0 Å². The molecule has 1 aromatic heterocycles. The lowest BCUT2D eigenvalue weighted by molar-refractivity contribution is 0.336. The molecule has 0 saturated carbocycles. The summed E-state index contributed by atoms with van der Waals surface area (Å²) >= 11 is 0. The molecule has 0 aliphatic carbocycles. The van der Waals surface area contributed by atoms with E-state index in [1.54, 1.807) is 6.33 Å². The average Bonchev–Trinajstić information content (AvgIpc) is 3.06. The van der Waals surface area contributed by atoms with Crippen molar-refractivity contribution in [2.45, 2.75) is 40.4 Å². The van der Waals surface area contributed by atoms with Gasteiger partial charge in [-0.25, -0.2) is 4.99 Å². The Morgan fingerprint density at radius 3 is 2.79 bits per heavy atom. The first-order chi connectivity index (χ1) is 11.8. The van der Waals surface area contributed by atoms with E-state index in [4.69, 9.17) is 4.74 Å². The number of ether oxygens (including phenoxy) is 1. The summed E-state index contributed by atoms with van der Waals surface area (Å²) in [6, 6.07) is 7.97. The fraction of sp³-hybridized carbons (Fsp3) is 0.471. The monoisotopic (exact) mass is 330 g/mol. The molecule has 0 aliphatic rings. The van der Waals surface area contributed by atoms with Crippen LogP contribution in [0.2, 0.25) is 0 Å². The molecule has 0 radical (unpaired) electrons. The zero-order valence-corrected chi connectivity index (χ0v) is 14.6. The Kier molecular flexibility index (Phi) is 7.07. The highest BCUT2D eigenvalue weighted by Gasteiger charge is 2.05. The third-order valence-corrected chi connectivity index (χ3v) is 3.47. The lowest BCUT2D eigenvalue weighted by Gasteiger charge is -2.12. The van der Waals surface area contributed by atoms with Gasteiger partial charge in [0.1, 0.15) is 12.1 Å². The summed E-state index contributed by atoms with van der Waals surface area (Å²) in [5.41, 5.74) is 1.06. The normalized spacial score (nSPS) is 11.4. The van der Waals surface area contributed by atoms with Crippen molar-refractivity contribution in [2.24, 2.45) is 4.99 Å². The summed E-state index contributed by atoms with van der Waals surface area (Å²) in [6.45, 7) is 9.50. The minimum absolute atomic E-state index is 0.548. The quantitative estimate of drug-likeness (QED) is 0.571. The molecule has 130 valence electrons. The number of nitrogens with zero attached hydrogens (tertiary/aromatic N) is 4. The Hall–Kier alpha value is -2.57. The van der Waals surface area contributed by atoms with E-state index in [-0.39, 0.29) is 0 Å². The van der Waals surface area contributed by atoms with Gasteiger partial charge in [-0.2, -0.15) is 0 Å². The molecule has 2 N–H and O–H groups in total. The third kappa shape index (κ3) is 4.97. The molecule has 0 spiro atoms. The van der Waals surface area contributed by atoms with Crippen molar-refractivity contribution < 1.29 is 4.74 Å². The predicted octanol–water partition coefficient (Wildman–Crippen LogP) is 1.95. The fourth-order valence-corrected chi connectivity index (χ4v) is 2.28. The second-order valence-electron chi connectivity index (χ2n) is 5.12. The Balaban J connectivity index is 2.03. The molecule has 7 nitrogen and oxygen atoms in total. The second kappa shape index (κ2) is 9.54. The number of rotatable bonds is 8. The molecule has 0 amide bonds. The number of nitrogens with one attached hydrogen (secondary N) is 2. The highest BCUT2D eigenvalue weighted by molar-refractivity contribution is 5.79. The SMILES string of the molecule is CCNC(=NCc1ccccc1OCC)NCc1nncn1CC. The van der Waals surface area contributed by atoms with Gasteiger partial charge in [-0.3, -0.25) is 0 Å². The van der Waals surface area contributed by atoms with Gasteiger partial charge in [0, 0.05) is 18.7 Å². The van der Waals surface area contributed by atoms with Crippen molar-refractivity contribution in [3.05, 3.63) is 42.0 Å². The molecular formula is C17H26N6O. The van der Waals surface area contributed by atoms with E-state index in [2.05, 4.69) is 32.7 Å². The molecule has 1 aromatic carbocycles. The van der Waals surface area contributed by atoms with Gasteiger partial charge in [-0.05, 0) is 26.8 Å². The molecule has 0 bridgehead atoms. The van der Waals surface area contributed by atoms with Crippen molar-refractivity contribution in [1.29, 1.82) is 0 Å². The maximum Gasteiger partial charge on any atom is 0.191 e. The predicted molar refractivity (Wildman–Crippen MR) is 95.0 cm³/mol. The fourth-order valence-electron chi connectivity index (χ4n) is 2.28. The smallest absolute Gasteiger partial charge is 0.191 e. The van der Waals surface area contributed by atoms with Crippen LogP contribution in [0.1, 0.15) is 32.2 Å². The second-order valence-corrected chi connectivity index (χ2v) is 5.12. The molecule has 0 atom stereocenters. The van der Waals surface area contributed by atoms with E-state index in [1.807, 2.05) is 42.7 Å². The topological polar surface area (TPSA) is 76.4 Å². The number of benzene rings is 1. The van der Waals surface area contributed by atoms with Gasteiger partial charge in [-0.1, -0.05) is 18.2 Å². The number of para-hydroxylation sites is 1. The largest absolute Gasteiger partial charge is 0.494 e. The van der Waals surface area contributed by atoms with E-state index in [1.165, 1.54) is 0 Å². The molecule has 0 aliphatic heterocycles. The van der Waals surface area contributed by atoms with Crippen molar-refractivity contribution in [1.82, 2.24) is 25.4 Å². The van der Waals surface area contributed by atoms with Crippen LogP contribution in [0.25, 0.3) is 0 Å². The Morgan fingerprint density at radius 1 is 1.21 bits per heavy atom. The summed E-state index contributed by atoms with van der Waals surface area (Å²) < 4.78 is 7.65. The van der Waals surface area contributed by atoms with Crippen molar-refractivity contribution in [2.75, 3.05) is 13.2 Å². The number of aryl methyl sites for hydroxylation is 1. The third-order valence-electron chi connectivity index (χ3n) is 3.47. The van der Waals surface area contributed by atoms with Gasteiger partial charge in [0.15, 0.2) is 11.8 Å². The summed E-state index contributed by atoms with van der Waals surface area (Å²) in [6.07, 6.45) is 1.74. The number of aliphatic imine (C=N–C) groups is 1. The zero-order chi connectivity index (χ0) is 17.2. The minimum Gasteiger partial charge on any atom is -0.494 e. The van der Waals surface area contributed by atoms with Crippen LogP contribution in [-0.4, -0.2) is 33.9 Å². The lowest BCUT2D eigenvalue weighted by Crippen LogP contribution is -2.37. The summed E-state index contributed by atoms with van der Waals surface area (Å²) in [4.78, 5) is 4.64. The van der Waals surface area contributed by atoms with Crippen LogP contribution in [-0.2, 0) is 19.6 Å². The summed E-state index contributed by atoms with van der Waals surface area (Å²) in [5.74, 6) is 2.51. The first kappa shape index (κ1) is 17.8. The molecule has 7 heteroatoms. The van der Waals surface area contributed by atoms with Crippen LogP contribution in [0.15, 0.2) is 35.6 Å². The van der Waals surface area contributed by atoms with Crippen LogP contribution in [0.4, 0.5) is 0 Å². The standard InChI is InChI=1S/C17H26N6O/c1-4-18-17(20-12-16-22-21-13-23(16)5-2)19-11-14-9-7-8-10-15(14)24-6-3/h7-10,13H,4-6,11-12H2,1-3H3,(H2,18,19,20). The minimum atomic E-state index is 0.548. The molecule has 0 fully saturated rings. The van der Waals surface area contributed by atoms with E-state index in [9.17, 15) is 0 Å². The number of aromatic nitrogens is 3. The van der Waals surface area contributed by atoms with Crippen molar-refractivity contribution >= 4 is 5.96 Å². The maximum atomic E-state index is 5.65. The average molecular weight is 330 g/mol. The number of hydrogen-bond donors (Lipinski definition) is 2. The van der Waals surface area contributed by atoms with Crippen LogP contribution < -0.4 is 15.4 Å². The molecule has 24 heavy (non-hydrogen) atoms. The highest BCUT2D eigenvalue weighted by Crippen LogP contribution is 2.18. The number of hydrogen-bond acceptors (Lipinski definition) is 4. The molecule has 0 saturated heterocycles. The Morgan fingerprint density at radius 2 is 2.04 bits per heavy atom. The van der Waals surface area contributed by atoms with Crippen LogP contribution in [0.3, 0.4) is 0 Å². The van der Waals surface area contributed by atoms with Crippen molar-refractivity contribution in [3.63, 3.8) is 0 Å². The highest BCUT2D eigenvalue weighted by atomic mass is 16.5. The Bertz CT molecular complexity index is 652. The molecule has 2 aromatic rings. The first-order valence-electron chi connectivity index (χ1n) is 8.38. The van der Waals surface area contributed by atoms with Gasteiger partial charge < -0.3 is 19.9 Å². The van der Waals surface area contributed by atoms with Gasteiger partial charge in [0.2, 0.25) is 0 Å². The summed E-state index contributed by atoms with van der Waals surface area (Å²) in [5, 5.41) is 14.6. The van der Waals surface area contributed by atoms with Gasteiger partial charge in [-0.15, -0.1) is 10.2 Å². The molecule has 0 unspecified atom stereocenters. The molecular weight excluding hydrogens is 304 g/mol. The lowest BCUT2D eigenvalue weighted by atomic mass is 10.2. The first-order valence-corrected chi connectivity index (χ1v) is 8.38. The van der Waals surface area contributed by atoms with E-state index < -0.39 is 0 Å². The van der Waals surface area contributed by atoms with E-state index >= 15 is 0 Å². The molecule has 1 heterocycles. The Labute approximate surface area is 143 Å². The van der Waals surface area contributed by atoms with Gasteiger partial charge in [0.05, 0.1) is 19.7 Å². The van der Waals surface area contributed by atoms with Crippen LogP contribution in [0.5, 0.6) is 5.75 Å². The van der Waals surface area contributed by atoms with E-state index in [0.717, 1.165) is 36.2 Å². The van der Waals surface area contributed by atoms with Crippen molar-refractivity contribution in [3.8, 4) is 5.75 Å². The number of guanidine groups is 1. The van der Waals surface area contributed by atoms with Gasteiger partial charge >= 0.3 is 0 Å². The van der Waals surface area contributed by atoms with E-state index in [0.29, 0.717) is 19.7 Å². The molecule has 2 rings (SSSR count). The van der Waals surface area contributed by atoms with Gasteiger partial charge in [0.25, 0.3) is 0 Å². The zero-order valence-electron chi connectivity index (χ0n) is 14.6.